The Bertz CT molecular complexity index is 119. The molecule has 86 valence electrons. The van der Waals surface area contributed by atoms with Gasteiger partial charge >= 0.3 is 98.5 Å². The zero-order valence-electron chi connectivity index (χ0n) is 10.7. The molecule has 0 amide bonds. The van der Waals surface area contributed by atoms with Gasteiger partial charge in [-0.3, -0.25) is 0 Å². The van der Waals surface area contributed by atoms with Crippen LogP contribution >= 0.6 is 0 Å². The van der Waals surface area contributed by atoms with Crippen molar-refractivity contribution in [2.75, 3.05) is 26.2 Å². The third kappa shape index (κ3) is 4.08. The van der Waals surface area contributed by atoms with Gasteiger partial charge in [-0.1, -0.05) is 0 Å². The molecule has 0 radical (unpaired) electrons. The molecule has 0 aromatic heterocycles. The fourth-order valence-corrected chi connectivity index (χ4v) is 9.92. The first-order valence-electron chi connectivity index (χ1n) is 5.91. The summed E-state index contributed by atoms with van der Waals surface area (Å²) < 4.78 is 6.36. The standard InChI is InChI=1S/2C4H10N.C3H7.Sb/c2*1-3-5-4-2;1-3-2;/h2*3-4H2,1-2H3;3H,1-2H3;/q2*-1;;+2. The summed E-state index contributed by atoms with van der Waals surface area (Å²) >= 11 is -1.34. The first-order chi connectivity index (χ1) is 6.62. The summed E-state index contributed by atoms with van der Waals surface area (Å²) in [7, 11) is 0. The Morgan fingerprint density at radius 1 is 0.786 bits per heavy atom. The number of hydrogen-bond acceptors (Lipinski definition) is 2. The van der Waals surface area contributed by atoms with Crippen LogP contribution in [0.3, 0.4) is 0 Å². The van der Waals surface area contributed by atoms with Crippen molar-refractivity contribution in [1.82, 2.24) is 6.12 Å². The van der Waals surface area contributed by atoms with Crippen molar-refractivity contribution in [1.29, 1.82) is 0 Å². The van der Waals surface area contributed by atoms with Gasteiger partial charge in [-0.15, -0.1) is 0 Å². The third-order valence-corrected chi connectivity index (χ3v) is 11.7. The van der Waals surface area contributed by atoms with E-state index in [-0.39, 0.29) is 0 Å². The van der Waals surface area contributed by atoms with Gasteiger partial charge in [-0.2, -0.15) is 0 Å². The molecule has 0 aliphatic rings. The van der Waals surface area contributed by atoms with Gasteiger partial charge in [0.2, 0.25) is 0 Å². The average Bonchev–Trinajstić information content (AvgIpc) is 2.18. The first-order valence-corrected chi connectivity index (χ1v) is 9.66. The predicted octanol–water partition coefficient (Wildman–Crippen LogP) is 2.57. The van der Waals surface area contributed by atoms with Gasteiger partial charge in [0.15, 0.2) is 0 Å². The fourth-order valence-electron chi connectivity index (χ4n) is 1.86. The van der Waals surface area contributed by atoms with Crippen LogP contribution in [-0.2, 0) is 0 Å². The quantitative estimate of drug-likeness (QED) is 0.667. The van der Waals surface area contributed by atoms with Gasteiger partial charge in [0.25, 0.3) is 0 Å². The number of rotatable bonds is 7. The zero-order chi connectivity index (χ0) is 11.1. The van der Waals surface area contributed by atoms with Crippen LogP contribution in [0.25, 0.3) is 0 Å². The van der Waals surface area contributed by atoms with E-state index < -0.39 is 20.8 Å². The Kier molecular flexibility index (Phi) is 8.38. The predicted molar refractivity (Wildman–Crippen MR) is 66.7 cm³/mol. The summed E-state index contributed by atoms with van der Waals surface area (Å²) in [5.41, 5.74) is 0. The van der Waals surface area contributed by atoms with Crippen molar-refractivity contribution < 1.29 is 0 Å². The molecule has 2 nitrogen and oxygen atoms in total. The molecular formula is C11H27N2Sb. The summed E-state index contributed by atoms with van der Waals surface area (Å²) in [6.07, 6.45) is 0. The molecule has 0 heterocycles. The molecule has 0 N–H and O–H groups in total. The maximum absolute atomic E-state index is 2.74. The van der Waals surface area contributed by atoms with Crippen LogP contribution in [0.4, 0.5) is 0 Å². The van der Waals surface area contributed by atoms with E-state index in [9.17, 15) is 0 Å². The molecule has 0 atom stereocenters. The third-order valence-electron chi connectivity index (χ3n) is 2.50. The monoisotopic (exact) mass is 308 g/mol. The Morgan fingerprint density at radius 2 is 1.07 bits per heavy atom. The molecule has 0 saturated heterocycles. The van der Waals surface area contributed by atoms with Crippen molar-refractivity contribution in [3.05, 3.63) is 0 Å². The van der Waals surface area contributed by atoms with Crippen molar-refractivity contribution in [3.8, 4) is 0 Å². The van der Waals surface area contributed by atoms with Crippen molar-refractivity contribution >= 4 is 20.8 Å². The van der Waals surface area contributed by atoms with Crippen LogP contribution in [0.5, 0.6) is 0 Å². The summed E-state index contributed by atoms with van der Waals surface area (Å²) in [6, 6.07) is 0. The van der Waals surface area contributed by atoms with E-state index in [0.29, 0.717) is 0 Å². The number of nitrogens with zero attached hydrogens (tertiary/aromatic N) is 2. The average molecular weight is 309 g/mol. The molecule has 0 bridgehead atoms. The van der Waals surface area contributed by atoms with Gasteiger partial charge in [-0.05, 0) is 0 Å². The molecule has 0 aromatic rings. The molecule has 14 heavy (non-hydrogen) atoms. The molecule has 0 saturated carbocycles. The number of hydrogen-bond donors (Lipinski definition) is 0. The van der Waals surface area contributed by atoms with Gasteiger partial charge in [-0.25, -0.2) is 0 Å². The topological polar surface area (TPSA) is 6.48 Å². The van der Waals surface area contributed by atoms with Crippen molar-refractivity contribution in [3.63, 3.8) is 0 Å². The second-order valence-corrected chi connectivity index (χ2v) is 11.7. The van der Waals surface area contributed by atoms with E-state index in [4.69, 9.17) is 0 Å². The molecule has 3 heteroatoms. The van der Waals surface area contributed by atoms with Crippen molar-refractivity contribution in [2.24, 2.45) is 0 Å². The Hall–Kier alpha value is 0.738. The van der Waals surface area contributed by atoms with E-state index in [2.05, 4.69) is 47.7 Å². The maximum atomic E-state index is 2.74. The molecule has 0 spiro atoms. The van der Waals surface area contributed by atoms with Crippen LogP contribution in [-0.4, -0.2) is 53.1 Å². The summed E-state index contributed by atoms with van der Waals surface area (Å²) in [5.74, 6) is 0. The SMILES string of the molecule is CC[N](CC)[Sb]([CH](C)C)[N](CC)CC. The Balaban J connectivity index is 4.54. The van der Waals surface area contributed by atoms with Crippen molar-refractivity contribution in [2.45, 2.75) is 45.4 Å². The summed E-state index contributed by atoms with van der Waals surface area (Å²) in [5, 5.41) is 0. The summed E-state index contributed by atoms with van der Waals surface area (Å²) in [4.78, 5) is 0. The van der Waals surface area contributed by atoms with Crippen LogP contribution in [0.1, 0.15) is 41.5 Å². The Morgan fingerprint density at radius 3 is 1.21 bits per heavy atom. The van der Waals surface area contributed by atoms with E-state index in [1.165, 1.54) is 26.2 Å². The molecule has 0 fully saturated rings. The van der Waals surface area contributed by atoms with E-state index in [1.807, 2.05) is 0 Å². The molecule has 0 aliphatic heterocycles. The van der Waals surface area contributed by atoms with Gasteiger partial charge < -0.3 is 0 Å². The van der Waals surface area contributed by atoms with Crippen LogP contribution < -0.4 is 0 Å². The summed E-state index contributed by atoms with van der Waals surface area (Å²) in [6.45, 7) is 18.9. The van der Waals surface area contributed by atoms with Gasteiger partial charge in [0.1, 0.15) is 0 Å². The molecule has 0 unspecified atom stereocenters. The molecule has 0 rings (SSSR count). The molecule has 0 aromatic carbocycles. The zero-order valence-corrected chi connectivity index (χ0v) is 13.3. The second-order valence-electron chi connectivity index (χ2n) is 3.69. The normalized spacial score (nSPS) is 12.4. The van der Waals surface area contributed by atoms with Crippen LogP contribution in [0.15, 0.2) is 0 Å². The van der Waals surface area contributed by atoms with E-state index in [0.717, 1.165) is 3.86 Å². The first kappa shape index (κ1) is 14.7. The van der Waals surface area contributed by atoms with Gasteiger partial charge in [0, 0.05) is 0 Å². The molecular weight excluding hydrogens is 282 g/mol. The minimum absolute atomic E-state index is 0.887. The Labute approximate surface area is 98.3 Å². The van der Waals surface area contributed by atoms with Gasteiger partial charge in [0.05, 0.1) is 0 Å². The van der Waals surface area contributed by atoms with E-state index >= 15 is 0 Å². The second kappa shape index (κ2) is 7.96. The fraction of sp³-hybridized carbons (Fsp3) is 1.00. The van der Waals surface area contributed by atoms with Crippen LogP contribution in [0.2, 0.25) is 3.86 Å². The molecule has 0 aliphatic carbocycles. The minimum atomic E-state index is -1.34. The van der Waals surface area contributed by atoms with Crippen LogP contribution in [0, 0.1) is 0 Å². The van der Waals surface area contributed by atoms with E-state index in [1.54, 1.807) is 0 Å².